The molecule has 0 spiro atoms. The first kappa shape index (κ1) is 10.9. The van der Waals surface area contributed by atoms with E-state index in [1.54, 1.807) is 13.0 Å². The quantitative estimate of drug-likeness (QED) is 0.625. The minimum absolute atomic E-state index is 0.0802. The highest BCUT2D eigenvalue weighted by molar-refractivity contribution is 6.28. The summed E-state index contributed by atoms with van der Waals surface area (Å²) in [4.78, 5) is 21.4. The molecule has 1 aliphatic heterocycles. The van der Waals surface area contributed by atoms with E-state index >= 15 is 0 Å². The lowest BCUT2D eigenvalue weighted by Crippen LogP contribution is -2.39. The van der Waals surface area contributed by atoms with Crippen molar-refractivity contribution in [1.29, 1.82) is 0 Å². The Morgan fingerprint density at radius 3 is 3.06 bits per heavy atom. The fraction of sp³-hybridized carbons (Fsp3) is 0.300. The molecule has 0 aliphatic carbocycles. The largest absolute Gasteiger partial charge is 0.342 e. The standard InChI is InChI=1S/C10H11ClN4O/c1-3-4-15-5-7(16)13-8-6(2)12-10(11)14-9(8)15/h3H,1,4-5H2,2H3,(H,13,16). The first-order valence-electron chi connectivity index (χ1n) is 4.81. The van der Waals surface area contributed by atoms with Crippen molar-refractivity contribution >= 4 is 29.0 Å². The Labute approximate surface area is 98.1 Å². The molecule has 6 heteroatoms. The normalized spacial score (nSPS) is 14.4. The zero-order valence-electron chi connectivity index (χ0n) is 8.83. The van der Waals surface area contributed by atoms with Crippen molar-refractivity contribution in [2.75, 3.05) is 23.3 Å². The van der Waals surface area contributed by atoms with Crippen molar-refractivity contribution in [3.8, 4) is 0 Å². The van der Waals surface area contributed by atoms with E-state index in [9.17, 15) is 4.79 Å². The monoisotopic (exact) mass is 238 g/mol. The lowest BCUT2D eigenvalue weighted by atomic mass is 10.2. The number of rotatable bonds is 2. The summed E-state index contributed by atoms with van der Waals surface area (Å²) in [5.74, 6) is 0.570. The molecule has 0 saturated carbocycles. The van der Waals surface area contributed by atoms with E-state index in [2.05, 4.69) is 21.9 Å². The van der Waals surface area contributed by atoms with Crippen LogP contribution in [-0.2, 0) is 4.79 Å². The summed E-state index contributed by atoms with van der Waals surface area (Å²) in [7, 11) is 0. The van der Waals surface area contributed by atoms with Crippen molar-refractivity contribution in [2.24, 2.45) is 0 Å². The number of carbonyl (C=O) groups excluding carboxylic acids is 1. The van der Waals surface area contributed by atoms with Crippen molar-refractivity contribution in [3.63, 3.8) is 0 Å². The maximum absolute atomic E-state index is 11.5. The van der Waals surface area contributed by atoms with Crippen molar-refractivity contribution < 1.29 is 4.79 Å². The van der Waals surface area contributed by atoms with Crippen LogP contribution in [0.1, 0.15) is 5.69 Å². The number of hydrogen-bond acceptors (Lipinski definition) is 4. The number of nitrogens with one attached hydrogen (secondary N) is 1. The third kappa shape index (κ3) is 1.86. The molecule has 0 radical (unpaired) electrons. The summed E-state index contributed by atoms with van der Waals surface area (Å²) >= 11 is 5.80. The number of anilines is 2. The Morgan fingerprint density at radius 1 is 1.62 bits per heavy atom. The number of carbonyl (C=O) groups is 1. The fourth-order valence-corrected chi connectivity index (χ4v) is 1.84. The van der Waals surface area contributed by atoms with Crippen LogP contribution in [0.3, 0.4) is 0 Å². The Kier molecular flexibility index (Phi) is 2.78. The summed E-state index contributed by atoms with van der Waals surface area (Å²) < 4.78 is 0. The molecule has 0 bridgehead atoms. The summed E-state index contributed by atoms with van der Waals surface area (Å²) in [5, 5.41) is 2.93. The maximum atomic E-state index is 11.5. The van der Waals surface area contributed by atoms with Gasteiger partial charge in [0.1, 0.15) is 5.69 Å². The molecule has 16 heavy (non-hydrogen) atoms. The van der Waals surface area contributed by atoms with Crippen LogP contribution >= 0.6 is 11.6 Å². The van der Waals surface area contributed by atoms with Crippen LogP contribution in [0, 0.1) is 6.92 Å². The molecule has 84 valence electrons. The molecule has 0 fully saturated rings. The van der Waals surface area contributed by atoms with Crippen molar-refractivity contribution in [1.82, 2.24) is 9.97 Å². The van der Waals surface area contributed by atoms with Crippen LogP contribution in [0.15, 0.2) is 12.7 Å². The number of halogens is 1. The zero-order chi connectivity index (χ0) is 11.7. The molecule has 1 N–H and O–H groups in total. The zero-order valence-corrected chi connectivity index (χ0v) is 9.58. The Bertz CT molecular complexity index is 460. The molecule has 2 heterocycles. The second-order valence-corrected chi connectivity index (χ2v) is 3.83. The van der Waals surface area contributed by atoms with Crippen LogP contribution < -0.4 is 10.2 Å². The van der Waals surface area contributed by atoms with Crippen LogP contribution in [-0.4, -0.2) is 29.0 Å². The van der Waals surface area contributed by atoms with Gasteiger partial charge in [0, 0.05) is 6.54 Å². The van der Waals surface area contributed by atoms with E-state index in [0.29, 0.717) is 23.7 Å². The topological polar surface area (TPSA) is 58.1 Å². The average Bonchev–Trinajstić information content (AvgIpc) is 2.20. The Hall–Kier alpha value is -1.62. The molecule has 0 unspecified atom stereocenters. The van der Waals surface area contributed by atoms with Gasteiger partial charge in [-0.2, -0.15) is 4.98 Å². The predicted octanol–water partition coefficient (Wildman–Crippen LogP) is 1.38. The highest BCUT2D eigenvalue weighted by Gasteiger charge is 2.25. The van der Waals surface area contributed by atoms with Crippen LogP contribution in [0.4, 0.5) is 11.5 Å². The second kappa shape index (κ2) is 4.09. The minimum Gasteiger partial charge on any atom is -0.342 e. The summed E-state index contributed by atoms with van der Waals surface area (Å²) in [6, 6.07) is 0. The number of amides is 1. The van der Waals surface area contributed by atoms with Gasteiger partial charge >= 0.3 is 0 Å². The van der Waals surface area contributed by atoms with E-state index in [4.69, 9.17) is 11.6 Å². The number of hydrogen-bond donors (Lipinski definition) is 1. The van der Waals surface area contributed by atoms with E-state index in [1.807, 2.05) is 4.90 Å². The second-order valence-electron chi connectivity index (χ2n) is 3.49. The van der Waals surface area contributed by atoms with E-state index in [-0.39, 0.29) is 17.7 Å². The SMILES string of the molecule is C=CCN1CC(=O)Nc2c(C)nc(Cl)nc21. The van der Waals surface area contributed by atoms with Crippen LogP contribution in [0.25, 0.3) is 0 Å². The fourth-order valence-electron chi connectivity index (χ4n) is 1.63. The van der Waals surface area contributed by atoms with Crippen molar-refractivity contribution in [3.05, 3.63) is 23.6 Å². The molecule has 1 aromatic rings. The van der Waals surface area contributed by atoms with Gasteiger partial charge in [0.05, 0.1) is 12.2 Å². The Morgan fingerprint density at radius 2 is 2.38 bits per heavy atom. The molecule has 1 amide bonds. The van der Waals surface area contributed by atoms with E-state index in [1.165, 1.54) is 0 Å². The average molecular weight is 239 g/mol. The van der Waals surface area contributed by atoms with Gasteiger partial charge in [0.25, 0.3) is 0 Å². The summed E-state index contributed by atoms with van der Waals surface area (Å²) in [6.45, 7) is 6.23. The molecular weight excluding hydrogens is 228 g/mol. The lowest BCUT2D eigenvalue weighted by molar-refractivity contribution is -0.115. The van der Waals surface area contributed by atoms with Gasteiger partial charge in [-0.05, 0) is 18.5 Å². The van der Waals surface area contributed by atoms with Gasteiger partial charge in [0.2, 0.25) is 11.2 Å². The molecule has 0 saturated heterocycles. The van der Waals surface area contributed by atoms with Gasteiger partial charge in [-0.1, -0.05) is 6.08 Å². The van der Waals surface area contributed by atoms with Gasteiger partial charge in [-0.15, -0.1) is 6.58 Å². The first-order chi connectivity index (χ1) is 7.61. The third-order valence-electron chi connectivity index (χ3n) is 2.29. The molecular formula is C10H11ClN4O. The lowest BCUT2D eigenvalue weighted by Gasteiger charge is -2.29. The number of aryl methyl sites for hydroxylation is 1. The first-order valence-corrected chi connectivity index (χ1v) is 5.19. The summed E-state index contributed by atoms with van der Waals surface area (Å²) in [5.41, 5.74) is 1.29. The summed E-state index contributed by atoms with van der Waals surface area (Å²) in [6.07, 6.45) is 1.72. The molecule has 0 atom stereocenters. The van der Waals surface area contributed by atoms with Gasteiger partial charge in [0.15, 0.2) is 5.82 Å². The Balaban J connectivity index is 2.51. The van der Waals surface area contributed by atoms with E-state index in [0.717, 1.165) is 0 Å². The molecule has 0 aromatic carbocycles. The smallest absolute Gasteiger partial charge is 0.244 e. The third-order valence-corrected chi connectivity index (χ3v) is 2.46. The number of aromatic nitrogens is 2. The van der Waals surface area contributed by atoms with Crippen LogP contribution in [0.5, 0.6) is 0 Å². The van der Waals surface area contributed by atoms with Crippen molar-refractivity contribution in [2.45, 2.75) is 6.92 Å². The van der Waals surface area contributed by atoms with E-state index < -0.39 is 0 Å². The molecule has 5 nitrogen and oxygen atoms in total. The van der Waals surface area contributed by atoms with Gasteiger partial charge in [-0.3, -0.25) is 4.79 Å². The number of nitrogens with zero attached hydrogens (tertiary/aromatic N) is 3. The van der Waals surface area contributed by atoms with Crippen LogP contribution in [0.2, 0.25) is 5.28 Å². The molecule has 1 aromatic heterocycles. The number of fused-ring (bicyclic) bond motifs is 1. The molecule has 1 aliphatic rings. The van der Waals surface area contributed by atoms with Gasteiger partial charge in [-0.25, -0.2) is 4.98 Å². The van der Waals surface area contributed by atoms with Gasteiger partial charge < -0.3 is 10.2 Å². The highest BCUT2D eigenvalue weighted by Crippen LogP contribution is 2.30. The molecule has 2 rings (SSSR count). The minimum atomic E-state index is -0.0802. The predicted molar refractivity (Wildman–Crippen MR) is 62.8 cm³/mol. The maximum Gasteiger partial charge on any atom is 0.244 e. The highest BCUT2D eigenvalue weighted by atomic mass is 35.5.